The molecule has 0 saturated heterocycles. The van der Waals surface area contributed by atoms with Gasteiger partial charge < -0.3 is 9.73 Å². The summed E-state index contributed by atoms with van der Waals surface area (Å²) in [5.41, 5.74) is 0.479. The second-order valence-electron chi connectivity index (χ2n) is 7.29. The van der Waals surface area contributed by atoms with Crippen LogP contribution in [-0.2, 0) is 13.0 Å². The van der Waals surface area contributed by atoms with Gasteiger partial charge >= 0.3 is 0 Å². The van der Waals surface area contributed by atoms with Gasteiger partial charge in [-0.25, -0.2) is 4.98 Å². The zero-order chi connectivity index (χ0) is 14.6. The zero-order valence-corrected chi connectivity index (χ0v) is 13.5. The number of nitrogens with zero attached hydrogens (tertiary/aromatic N) is 1. The third-order valence-electron chi connectivity index (χ3n) is 4.73. The van der Waals surface area contributed by atoms with Crippen molar-refractivity contribution in [3.05, 3.63) is 17.8 Å². The normalized spacial score (nSPS) is 24.0. The van der Waals surface area contributed by atoms with Crippen LogP contribution in [-0.4, -0.2) is 11.5 Å². The minimum atomic E-state index is 0.479. The van der Waals surface area contributed by atoms with Crippen molar-refractivity contribution in [2.75, 3.05) is 6.54 Å². The molecule has 0 unspecified atom stereocenters. The average Bonchev–Trinajstić information content (AvgIpc) is 2.86. The van der Waals surface area contributed by atoms with Gasteiger partial charge in [0, 0.05) is 6.42 Å². The van der Waals surface area contributed by atoms with Crippen molar-refractivity contribution < 1.29 is 4.42 Å². The Hall–Kier alpha value is -0.830. The Morgan fingerprint density at radius 3 is 2.50 bits per heavy atom. The van der Waals surface area contributed by atoms with Gasteiger partial charge in [-0.2, -0.15) is 0 Å². The monoisotopic (exact) mass is 278 g/mol. The molecule has 0 radical (unpaired) electrons. The maximum Gasteiger partial charge on any atom is 0.208 e. The van der Waals surface area contributed by atoms with Crippen LogP contribution in [0.25, 0.3) is 0 Å². The van der Waals surface area contributed by atoms with E-state index in [4.69, 9.17) is 4.42 Å². The van der Waals surface area contributed by atoms with Gasteiger partial charge in [0.1, 0.15) is 5.76 Å². The van der Waals surface area contributed by atoms with E-state index in [0.29, 0.717) is 5.41 Å². The Balaban J connectivity index is 1.66. The van der Waals surface area contributed by atoms with Crippen LogP contribution in [0.3, 0.4) is 0 Å². The van der Waals surface area contributed by atoms with Crippen molar-refractivity contribution in [3.8, 4) is 0 Å². The van der Waals surface area contributed by atoms with Crippen molar-refractivity contribution in [1.82, 2.24) is 10.3 Å². The van der Waals surface area contributed by atoms with Crippen LogP contribution >= 0.6 is 0 Å². The van der Waals surface area contributed by atoms with E-state index in [1.807, 2.05) is 6.20 Å². The molecule has 0 atom stereocenters. The van der Waals surface area contributed by atoms with E-state index >= 15 is 0 Å². The van der Waals surface area contributed by atoms with E-state index in [2.05, 4.69) is 38.0 Å². The van der Waals surface area contributed by atoms with Gasteiger partial charge in [-0.05, 0) is 49.5 Å². The lowest BCUT2D eigenvalue weighted by atomic mass is 9.70. The number of oxazole rings is 1. The molecule has 1 saturated carbocycles. The third-order valence-corrected chi connectivity index (χ3v) is 4.73. The molecule has 1 aliphatic rings. The fourth-order valence-electron chi connectivity index (χ4n) is 3.21. The molecule has 1 aromatic heterocycles. The van der Waals surface area contributed by atoms with E-state index in [0.717, 1.165) is 43.0 Å². The first kappa shape index (κ1) is 15.6. The van der Waals surface area contributed by atoms with Gasteiger partial charge in [0.2, 0.25) is 5.89 Å². The molecule has 0 aliphatic heterocycles. The Labute approximate surface area is 123 Å². The molecule has 1 heterocycles. The van der Waals surface area contributed by atoms with E-state index in [-0.39, 0.29) is 0 Å². The maximum absolute atomic E-state index is 5.61. The molecule has 1 aromatic rings. The predicted molar refractivity (Wildman–Crippen MR) is 82.5 cm³/mol. The molecule has 3 nitrogen and oxygen atoms in total. The molecule has 114 valence electrons. The summed E-state index contributed by atoms with van der Waals surface area (Å²) in [5, 5.41) is 3.51. The van der Waals surface area contributed by atoms with Gasteiger partial charge in [0.15, 0.2) is 0 Å². The molecule has 0 spiro atoms. The summed E-state index contributed by atoms with van der Waals surface area (Å²) in [6.07, 6.45) is 8.25. The Bertz CT molecular complexity index is 397. The Morgan fingerprint density at radius 1 is 1.25 bits per heavy atom. The minimum absolute atomic E-state index is 0.479. The quantitative estimate of drug-likeness (QED) is 0.878. The summed E-state index contributed by atoms with van der Waals surface area (Å²) in [5.74, 6) is 3.53. The van der Waals surface area contributed by atoms with Crippen molar-refractivity contribution in [2.24, 2.45) is 17.3 Å². The van der Waals surface area contributed by atoms with Gasteiger partial charge in [-0.3, -0.25) is 0 Å². The van der Waals surface area contributed by atoms with Crippen LogP contribution in [0.1, 0.15) is 65.0 Å². The van der Waals surface area contributed by atoms with Gasteiger partial charge in [-0.1, -0.05) is 27.7 Å². The molecule has 3 heteroatoms. The number of nitrogens with one attached hydrogen (secondary N) is 1. The predicted octanol–water partition coefficient (Wildman–Crippen LogP) is 4.18. The van der Waals surface area contributed by atoms with Crippen LogP contribution in [0.5, 0.6) is 0 Å². The molecular formula is C17H30N2O. The number of aryl methyl sites for hydroxylation is 1. The lowest BCUT2D eigenvalue weighted by Gasteiger charge is -2.37. The highest BCUT2D eigenvalue weighted by Crippen LogP contribution is 2.39. The Morgan fingerprint density at radius 2 is 1.95 bits per heavy atom. The van der Waals surface area contributed by atoms with Gasteiger partial charge in [-0.15, -0.1) is 0 Å². The first-order valence-corrected chi connectivity index (χ1v) is 8.13. The van der Waals surface area contributed by atoms with Crippen molar-refractivity contribution >= 4 is 0 Å². The van der Waals surface area contributed by atoms with Crippen molar-refractivity contribution in [3.63, 3.8) is 0 Å². The standard InChI is InChI=1S/C17H30N2O/c1-5-15-11-19-16(20-15)12-18-10-13-6-8-14(9-7-13)17(2,3)4/h11,13-14,18H,5-10,12H2,1-4H3. The summed E-state index contributed by atoms with van der Waals surface area (Å²) >= 11 is 0. The SMILES string of the molecule is CCc1cnc(CNCC2CCC(C(C)(C)C)CC2)o1. The van der Waals surface area contributed by atoms with E-state index in [9.17, 15) is 0 Å². The van der Waals surface area contributed by atoms with E-state index in [1.165, 1.54) is 25.7 Å². The van der Waals surface area contributed by atoms with Crippen LogP contribution in [0.2, 0.25) is 0 Å². The van der Waals surface area contributed by atoms with Crippen LogP contribution in [0, 0.1) is 17.3 Å². The molecule has 1 N–H and O–H groups in total. The molecule has 1 aliphatic carbocycles. The number of rotatable bonds is 5. The minimum Gasteiger partial charge on any atom is -0.444 e. The first-order chi connectivity index (χ1) is 9.49. The molecule has 2 rings (SSSR count). The third kappa shape index (κ3) is 4.34. The largest absolute Gasteiger partial charge is 0.444 e. The van der Waals surface area contributed by atoms with E-state index in [1.54, 1.807) is 0 Å². The van der Waals surface area contributed by atoms with E-state index < -0.39 is 0 Å². The van der Waals surface area contributed by atoms with Crippen molar-refractivity contribution in [2.45, 2.75) is 66.3 Å². The summed E-state index contributed by atoms with van der Waals surface area (Å²) < 4.78 is 5.61. The molecule has 1 fully saturated rings. The maximum atomic E-state index is 5.61. The van der Waals surface area contributed by atoms with Crippen LogP contribution in [0.4, 0.5) is 0 Å². The smallest absolute Gasteiger partial charge is 0.208 e. The first-order valence-electron chi connectivity index (χ1n) is 8.13. The number of aromatic nitrogens is 1. The summed E-state index contributed by atoms with van der Waals surface area (Å²) in [6, 6.07) is 0. The van der Waals surface area contributed by atoms with Gasteiger partial charge in [0.25, 0.3) is 0 Å². The molecule has 0 amide bonds. The lowest BCUT2D eigenvalue weighted by molar-refractivity contribution is 0.148. The molecule has 0 aromatic carbocycles. The second-order valence-corrected chi connectivity index (χ2v) is 7.29. The molecule has 20 heavy (non-hydrogen) atoms. The highest BCUT2D eigenvalue weighted by molar-refractivity contribution is 4.93. The topological polar surface area (TPSA) is 38.1 Å². The van der Waals surface area contributed by atoms with Crippen LogP contribution in [0.15, 0.2) is 10.6 Å². The average molecular weight is 278 g/mol. The Kier molecular flexibility index (Phi) is 5.25. The lowest BCUT2D eigenvalue weighted by Crippen LogP contribution is -2.30. The van der Waals surface area contributed by atoms with Crippen LogP contribution < -0.4 is 5.32 Å². The summed E-state index contributed by atoms with van der Waals surface area (Å²) in [6.45, 7) is 11.1. The highest BCUT2D eigenvalue weighted by atomic mass is 16.4. The number of hydrogen-bond acceptors (Lipinski definition) is 3. The fourth-order valence-corrected chi connectivity index (χ4v) is 3.21. The number of hydrogen-bond donors (Lipinski definition) is 1. The fraction of sp³-hybridized carbons (Fsp3) is 0.824. The zero-order valence-electron chi connectivity index (χ0n) is 13.5. The molecular weight excluding hydrogens is 248 g/mol. The van der Waals surface area contributed by atoms with Crippen molar-refractivity contribution in [1.29, 1.82) is 0 Å². The molecule has 0 bridgehead atoms. The summed E-state index contributed by atoms with van der Waals surface area (Å²) in [4.78, 5) is 4.28. The second kappa shape index (κ2) is 6.75. The highest BCUT2D eigenvalue weighted by Gasteiger charge is 2.29. The van der Waals surface area contributed by atoms with Gasteiger partial charge in [0.05, 0.1) is 12.7 Å². The summed E-state index contributed by atoms with van der Waals surface area (Å²) in [7, 11) is 0.